The summed E-state index contributed by atoms with van der Waals surface area (Å²) < 4.78 is 74.2. The van der Waals surface area contributed by atoms with Crippen LogP contribution < -0.4 is 5.73 Å². The summed E-state index contributed by atoms with van der Waals surface area (Å²) in [6, 6.07) is 8.60. The van der Waals surface area contributed by atoms with Crippen LogP contribution in [0.25, 0.3) is 16.9 Å². The highest BCUT2D eigenvalue weighted by Crippen LogP contribution is 2.35. The van der Waals surface area contributed by atoms with E-state index in [9.17, 15) is 26.4 Å². The summed E-state index contributed by atoms with van der Waals surface area (Å²) in [5, 5.41) is 4.76. The van der Waals surface area contributed by atoms with Crippen molar-refractivity contribution in [2.24, 2.45) is 5.73 Å². The van der Waals surface area contributed by atoms with Crippen molar-refractivity contribution in [1.82, 2.24) is 9.78 Å². The van der Waals surface area contributed by atoms with Crippen LogP contribution in [0.2, 0.25) is 10.0 Å². The number of hydrogen-bond acceptors (Lipinski definition) is 7. The Kier molecular flexibility index (Phi) is 9.69. The van der Waals surface area contributed by atoms with Crippen LogP contribution >= 0.6 is 23.2 Å². The van der Waals surface area contributed by atoms with Gasteiger partial charge in [-0.3, -0.25) is 0 Å². The molecule has 1 atom stereocenters. The molecule has 208 valence electrons. The van der Waals surface area contributed by atoms with Crippen LogP contribution in [0.4, 0.5) is 13.2 Å². The van der Waals surface area contributed by atoms with E-state index in [2.05, 4.69) is 16.9 Å². The molecule has 1 aromatic heterocycles. The molecule has 1 heterocycles. The van der Waals surface area contributed by atoms with Gasteiger partial charge in [0.1, 0.15) is 17.5 Å². The van der Waals surface area contributed by atoms with E-state index in [0.29, 0.717) is 16.1 Å². The maximum Gasteiger partial charge on any atom is 0.405 e. The van der Waals surface area contributed by atoms with Gasteiger partial charge in [-0.2, -0.15) is 18.3 Å². The maximum absolute atomic E-state index is 12.9. The van der Waals surface area contributed by atoms with E-state index in [1.54, 1.807) is 31.2 Å². The van der Waals surface area contributed by atoms with E-state index < -0.39 is 40.3 Å². The number of nitrogens with zero attached hydrogens (tertiary/aromatic N) is 2. The summed E-state index contributed by atoms with van der Waals surface area (Å²) in [4.78, 5) is 12.3. The Morgan fingerprint density at radius 3 is 2.41 bits per heavy atom. The summed E-state index contributed by atoms with van der Waals surface area (Å²) >= 11 is 12.5. The molecule has 0 spiro atoms. The number of nitrogens with two attached hydrogens (primary N) is 1. The predicted molar refractivity (Wildman–Crippen MR) is 140 cm³/mol. The molecule has 39 heavy (non-hydrogen) atoms. The lowest BCUT2D eigenvalue weighted by atomic mass is 10.1. The molecule has 2 N–H and O–H groups in total. The fourth-order valence-corrected chi connectivity index (χ4v) is 4.77. The fourth-order valence-electron chi connectivity index (χ4n) is 3.35. The summed E-state index contributed by atoms with van der Waals surface area (Å²) in [6.07, 6.45) is -3.63. The largest absolute Gasteiger partial charge is 0.461 e. The van der Waals surface area contributed by atoms with Crippen LogP contribution in [0.3, 0.4) is 0 Å². The number of halogens is 5. The molecule has 2 aromatic carbocycles. The number of sulfone groups is 1. The van der Waals surface area contributed by atoms with Gasteiger partial charge >= 0.3 is 12.1 Å². The van der Waals surface area contributed by atoms with Gasteiger partial charge in [0.2, 0.25) is 0 Å². The lowest BCUT2D eigenvalue weighted by Crippen LogP contribution is -2.41. The van der Waals surface area contributed by atoms with Gasteiger partial charge in [-0.05, 0) is 37.3 Å². The molecule has 0 radical (unpaired) electrons. The van der Waals surface area contributed by atoms with E-state index in [4.69, 9.17) is 38.4 Å². The van der Waals surface area contributed by atoms with Crippen molar-refractivity contribution in [3.8, 4) is 28.8 Å². The molecule has 3 aromatic rings. The Morgan fingerprint density at radius 1 is 1.18 bits per heavy atom. The molecular formula is C25H22Cl2F3N3O5S. The van der Waals surface area contributed by atoms with Gasteiger partial charge < -0.3 is 15.2 Å². The predicted octanol–water partition coefficient (Wildman–Crippen LogP) is 4.68. The molecule has 0 aliphatic carbocycles. The number of esters is 1. The highest BCUT2D eigenvalue weighted by atomic mass is 35.5. The van der Waals surface area contributed by atoms with Crippen LogP contribution in [-0.4, -0.2) is 62.5 Å². The smallest absolute Gasteiger partial charge is 0.405 e. The molecule has 1 unspecified atom stereocenters. The van der Waals surface area contributed by atoms with Crippen molar-refractivity contribution >= 4 is 39.0 Å². The molecule has 14 heteroatoms. The first-order valence-electron chi connectivity index (χ1n) is 11.2. The number of ether oxygens (including phenoxy) is 2. The summed E-state index contributed by atoms with van der Waals surface area (Å²) in [7, 11) is -4.00. The Balaban J connectivity index is 2.05. The van der Waals surface area contributed by atoms with E-state index in [0.717, 1.165) is 6.26 Å². The van der Waals surface area contributed by atoms with Crippen LogP contribution in [-0.2, 0) is 19.3 Å². The van der Waals surface area contributed by atoms with Crippen molar-refractivity contribution in [1.29, 1.82) is 0 Å². The molecule has 0 saturated heterocycles. The van der Waals surface area contributed by atoms with Crippen molar-refractivity contribution in [2.75, 3.05) is 26.1 Å². The van der Waals surface area contributed by atoms with Crippen molar-refractivity contribution in [3.05, 3.63) is 63.8 Å². The molecule has 0 bridgehead atoms. The maximum atomic E-state index is 12.9. The summed E-state index contributed by atoms with van der Waals surface area (Å²) in [6.45, 7) is 0.520. The summed E-state index contributed by atoms with van der Waals surface area (Å²) in [5.74, 6) is 4.35. The van der Waals surface area contributed by atoms with Crippen LogP contribution in [0.5, 0.6) is 0 Å². The summed E-state index contributed by atoms with van der Waals surface area (Å²) in [5.41, 5.74) is 5.62. The van der Waals surface area contributed by atoms with Crippen molar-refractivity contribution in [2.45, 2.75) is 24.0 Å². The van der Waals surface area contributed by atoms with Crippen LogP contribution in [0.15, 0.2) is 47.4 Å². The third kappa shape index (κ3) is 7.52. The minimum absolute atomic E-state index is 0.00878. The molecule has 0 fully saturated rings. The number of benzene rings is 2. The van der Waals surface area contributed by atoms with Gasteiger partial charge in [-0.25, -0.2) is 17.9 Å². The lowest BCUT2D eigenvalue weighted by molar-refractivity contribution is -0.158. The minimum atomic E-state index is -4.57. The second-order valence-electron chi connectivity index (χ2n) is 8.07. The Morgan fingerprint density at radius 2 is 1.85 bits per heavy atom. The first kappa shape index (κ1) is 30.5. The van der Waals surface area contributed by atoms with Gasteiger partial charge in [0.15, 0.2) is 15.5 Å². The van der Waals surface area contributed by atoms with E-state index in [1.165, 1.54) is 22.9 Å². The molecule has 8 nitrogen and oxygen atoms in total. The molecular weight excluding hydrogens is 582 g/mol. The Bertz CT molecular complexity index is 1530. The van der Waals surface area contributed by atoms with Crippen molar-refractivity contribution < 1.29 is 35.9 Å². The van der Waals surface area contributed by atoms with Crippen molar-refractivity contribution in [3.63, 3.8) is 0 Å². The third-order valence-electron chi connectivity index (χ3n) is 5.10. The number of alkyl halides is 3. The second-order valence-corrected chi connectivity index (χ2v) is 10.9. The zero-order valence-electron chi connectivity index (χ0n) is 20.6. The second kappa shape index (κ2) is 12.4. The SMILES string of the molecule is CCOC(=O)c1nn(-c2ccc(C#CCOCC(N)C(F)(F)F)cc2Cl)c(-c2ccc(Cl)cc2)c1S(C)(=O)=O. The zero-order chi connectivity index (χ0) is 29.0. The van der Waals surface area contributed by atoms with Crippen LogP contribution in [0, 0.1) is 11.8 Å². The van der Waals surface area contributed by atoms with E-state index >= 15 is 0 Å². The molecule has 0 aliphatic rings. The van der Waals surface area contributed by atoms with Gasteiger partial charge in [0.25, 0.3) is 0 Å². The molecule has 0 saturated carbocycles. The first-order valence-corrected chi connectivity index (χ1v) is 13.8. The topological polar surface area (TPSA) is 114 Å². The average Bonchev–Trinajstić information content (AvgIpc) is 3.25. The lowest BCUT2D eigenvalue weighted by Gasteiger charge is -2.14. The number of carbonyl (C=O) groups excluding carboxylic acids is 1. The minimum Gasteiger partial charge on any atom is -0.461 e. The average molecular weight is 604 g/mol. The number of rotatable bonds is 8. The normalized spacial score (nSPS) is 12.5. The molecule has 0 aliphatic heterocycles. The Labute approximate surface area is 232 Å². The first-order chi connectivity index (χ1) is 18.2. The molecule has 0 amide bonds. The third-order valence-corrected chi connectivity index (χ3v) is 6.78. The number of hydrogen-bond donors (Lipinski definition) is 1. The monoisotopic (exact) mass is 603 g/mol. The van der Waals surface area contributed by atoms with Gasteiger partial charge in [0.05, 0.1) is 29.6 Å². The number of aromatic nitrogens is 2. The standard InChI is InChI=1S/C25H22Cl2F3N3O5S/c1-3-38-24(34)21-23(39(2,35)36)22(16-7-9-17(26)10-8-16)33(32-21)19-11-6-15(13-18(19)27)5-4-12-37-14-20(31)25(28,29)30/h6-11,13,20H,3,12,14,31H2,1-2H3. The van der Waals surface area contributed by atoms with E-state index in [1.807, 2.05) is 0 Å². The number of carbonyl (C=O) groups is 1. The van der Waals surface area contributed by atoms with Gasteiger partial charge in [-0.1, -0.05) is 47.2 Å². The Hall–Kier alpha value is -3.08. The highest BCUT2D eigenvalue weighted by Gasteiger charge is 2.36. The highest BCUT2D eigenvalue weighted by molar-refractivity contribution is 7.91. The van der Waals surface area contributed by atoms with Gasteiger partial charge in [-0.15, -0.1) is 0 Å². The van der Waals surface area contributed by atoms with Gasteiger partial charge in [0, 0.05) is 22.4 Å². The zero-order valence-corrected chi connectivity index (χ0v) is 22.9. The van der Waals surface area contributed by atoms with E-state index in [-0.39, 0.29) is 34.5 Å². The quantitative estimate of drug-likeness (QED) is 0.226. The fraction of sp³-hybridized carbons (Fsp3) is 0.280. The van der Waals surface area contributed by atoms with Crippen LogP contribution in [0.1, 0.15) is 23.0 Å². The molecule has 3 rings (SSSR count).